The van der Waals surface area contributed by atoms with Crippen LogP contribution in [-0.4, -0.2) is 58.8 Å². The standard InChI is InChI=1S/C15H24N4O5S/c1-12(2)17-25(22,23)13-3-4-14(15(11-13)19(20)21)16-5-6-18-7-9-24-10-8-18/h3-4,11-12,16-17H,5-10H2,1-2H3/p+1. The van der Waals surface area contributed by atoms with Crippen molar-refractivity contribution in [3.05, 3.63) is 28.3 Å². The van der Waals surface area contributed by atoms with Gasteiger partial charge in [0.05, 0.1) is 36.1 Å². The van der Waals surface area contributed by atoms with Crippen molar-refractivity contribution in [3.63, 3.8) is 0 Å². The van der Waals surface area contributed by atoms with Crippen LogP contribution in [0.2, 0.25) is 0 Å². The van der Waals surface area contributed by atoms with E-state index in [1.807, 2.05) is 0 Å². The lowest BCUT2D eigenvalue weighted by Gasteiger charge is -2.23. The number of sulfonamides is 1. The molecule has 1 aromatic carbocycles. The molecule has 1 heterocycles. The van der Waals surface area contributed by atoms with Gasteiger partial charge in [-0.2, -0.15) is 0 Å². The van der Waals surface area contributed by atoms with E-state index in [0.29, 0.717) is 12.2 Å². The van der Waals surface area contributed by atoms with Crippen LogP contribution in [0.25, 0.3) is 0 Å². The number of quaternary nitrogens is 1. The lowest BCUT2D eigenvalue weighted by atomic mass is 10.2. The van der Waals surface area contributed by atoms with Crippen LogP contribution in [0.5, 0.6) is 0 Å². The third kappa shape index (κ3) is 5.63. The minimum absolute atomic E-state index is 0.114. The smallest absolute Gasteiger partial charge is 0.293 e. The molecule has 3 N–H and O–H groups in total. The highest BCUT2D eigenvalue weighted by Gasteiger charge is 2.22. The highest BCUT2D eigenvalue weighted by atomic mass is 32.2. The zero-order chi connectivity index (χ0) is 18.4. The first-order valence-corrected chi connectivity index (χ1v) is 9.74. The van der Waals surface area contributed by atoms with Crippen LogP contribution in [0.15, 0.2) is 23.1 Å². The van der Waals surface area contributed by atoms with E-state index in [2.05, 4.69) is 10.0 Å². The average molecular weight is 373 g/mol. The number of rotatable bonds is 8. The van der Waals surface area contributed by atoms with Crippen molar-refractivity contribution in [1.82, 2.24) is 4.72 Å². The van der Waals surface area contributed by atoms with E-state index < -0.39 is 14.9 Å². The SMILES string of the molecule is CC(C)NS(=O)(=O)c1ccc(NCC[NH+]2CCOCC2)c([N+](=O)[O-])c1. The molecule has 0 atom stereocenters. The van der Waals surface area contributed by atoms with Crippen LogP contribution in [-0.2, 0) is 14.8 Å². The Kier molecular flexibility index (Phi) is 6.71. The summed E-state index contributed by atoms with van der Waals surface area (Å²) in [6.07, 6.45) is 0. The first-order valence-electron chi connectivity index (χ1n) is 8.25. The number of nitrogens with one attached hydrogen (secondary N) is 3. The molecule has 0 aliphatic carbocycles. The Morgan fingerprint density at radius 2 is 2.00 bits per heavy atom. The summed E-state index contributed by atoms with van der Waals surface area (Å²) in [5.74, 6) is 0. The molecule has 0 spiro atoms. The number of nitrogens with zero attached hydrogens (tertiary/aromatic N) is 1. The minimum atomic E-state index is -3.77. The topological polar surface area (TPSA) is 115 Å². The first-order chi connectivity index (χ1) is 11.8. The minimum Gasteiger partial charge on any atom is -0.374 e. The van der Waals surface area contributed by atoms with Gasteiger partial charge in [0.2, 0.25) is 10.0 Å². The summed E-state index contributed by atoms with van der Waals surface area (Å²) >= 11 is 0. The van der Waals surface area contributed by atoms with Crippen molar-refractivity contribution >= 4 is 21.4 Å². The lowest BCUT2D eigenvalue weighted by molar-refractivity contribution is -0.906. The number of hydrogen-bond donors (Lipinski definition) is 3. The van der Waals surface area contributed by atoms with E-state index in [0.717, 1.165) is 38.9 Å². The third-order valence-corrected chi connectivity index (χ3v) is 5.52. The van der Waals surface area contributed by atoms with Gasteiger partial charge in [-0.1, -0.05) is 0 Å². The second-order valence-electron chi connectivity index (χ2n) is 6.25. The largest absolute Gasteiger partial charge is 0.374 e. The Bertz CT molecular complexity index is 702. The monoisotopic (exact) mass is 373 g/mol. The normalized spacial score (nSPS) is 16.1. The number of nitro benzene ring substituents is 1. The molecule has 9 nitrogen and oxygen atoms in total. The number of benzene rings is 1. The predicted octanol–water partition coefficient (Wildman–Crippen LogP) is -0.391. The van der Waals surface area contributed by atoms with Crippen molar-refractivity contribution in [3.8, 4) is 0 Å². The molecule has 0 unspecified atom stereocenters. The number of anilines is 1. The van der Waals surface area contributed by atoms with E-state index >= 15 is 0 Å². The Morgan fingerprint density at radius 1 is 1.32 bits per heavy atom. The van der Waals surface area contributed by atoms with Crippen molar-refractivity contribution in [2.24, 2.45) is 0 Å². The number of hydrogen-bond acceptors (Lipinski definition) is 6. The molecule has 0 amide bonds. The maximum absolute atomic E-state index is 12.2. The van der Waals surface area contributed by atoms with Gasteiger partial charge in [0.25, 0.3) is 5.69 Å². The number of morpholine rings is 1. The summed E-state index contributed by atoms with van der Waals surface area (Å²) in [5.41, 5.74) is 0.0739. The maximum Gasteiger partial charge on any atom is 0.293 e. The molecule has 1 saturated heterocycles. The molecular weight excluding hydrogens is 348 g/mol. The van der Waals surface area contributed by atoms with Crippen LogP contribution in [0.4, 0.5) is 11.4 Å². The summed E-state index contributed by atoms with van der Waals surface area (Å²) in [6.45, 7) is 8.05. The molecule has 0 radical (unpaired) electrons. The van der Waals surface area contributed by atoms with Gasteiger partial charge in [-0.15, -0.1) is 0 Å². The first kappa shape index (κ1) is 19.6. The van der Waals surface area contributed by atoms with Crippen molar-refractivity contribution in [2.45, 2.75) is 24.8 Å². The highest BCUT2D eigenvalue weighted by molar-refractivity contribution is 7.89. The summed E-state index contributed by atoms with van der Waals surface area (Å²) in [4.78, 5) is 12.0. The number of nitro groups is 1. The van der Waals surface area contributed by atoms with Gasteiger partial charge in [0.1, 0.15) is 18.8 Å². The molecule has 0 aromatic heterocycles. The number of ether oxygens (including phenoxy) is 1. The van der Waals surface area contributed by atoms with E-state index in [1.54, 1.807) is 13.8 Å². The van der Waals surface area contributed by atoms with Crippen molar-refractivity contribution in [2.75, 3.05) is 44.7 Å². The zero-order valence-electron chi connectivity index (χ0n) is 14.4. The van der Waals surface area contributed by atoms with Gasteiger partial charge in [-0.3, -0.25) is 10.1 Å². The summed E-state index contributed by atoms with van der Waals surface area (Å²) in [6, 6.07) is 3.62. The van der Waals surface area contributed by atoms with Gasteiger partial charge >= 0.3 is 0 Å². The van der Waals surface area contributed by atoms with Gasteiger partial charge in [-0.25, -0.2) is 13.1 Å². The average Bonchev–Trinajstić information content (AvgIpc) is 2.54. The fourth-order valence-corrected chi connectivity index (χ4v) is 3.91. The molecular formula is C15H25N4O5S+. The Labute approximate surface area is 147 Å². The van der Waals surface area contributed by atoms with Gasteiger partial charge in [0, 0.05) is 12.1 Å². The fourth-order valence-electron chi connectivity index (χ4n) is 2.64. The van der Waals surface area contributed by atoms with E-state index in [4.69, 9.17) is 4.74 Å². The summed E-state index contributed by atoms with van der Waals surface area (Å²) in [5, 5.41) is 14.4. The Balaban J connectivity index is 2.09. The van der Waals surface area contributed by atoms with E-state index in [-0.39, 0.29) is 16.6 Å². The Hall–Kier alpha value is -1.75. The quantitative estimate of drug-likeness (QED) is 0.422. The van der Waals surface area contributed by atoms with Gasteiger partial charge < -0.3 is 15.0 Å². The molecule has 2 rings (SSSR count). The molecule has 1 aliphatic heterocycles. The van der Waals surface area contributed by atoms with Crippen LogP contribution in [0, 0.1) is 10.1 Å². The van der Waals surface area contributed by atoms with Crippen LogP contribution >= 0.6 is 0 Å². The molecule has 1 aromatic rings. The molecule has 10 heteroatoms. The fraction of sp³-hybridized carbons (Fsp3) is 0.600. The molecule has 1 aliphatic rings. The molecule has 140 valence electrons. The lowest BCUT2D eigenvalue weighted by Crippen LogP contribution is -3.14. The molecule has 0 saturated carbocycles. The second kappa shape index (κ2) is 8.56. The van der Waals surface area contributed by atoms with E-state index in [1.165, 1.54) is 17.0 Å². The van der Waals surface area contributed by atoms with E-state index in [9.17, 15) is 18.5 Å². The predicted molar refractivity (Wildman–Crippen MR) is 93.4 cm³/mol. The van der Waals surface area contributed by atoms with Crippen LogP contribution < -0.4 is 14.9 Å². The molecule has 1 fully saturated rings. The van der Waals surface area contributed by atoms with Gasteiger partial charge in [-0.05, 0) is 26.0 Å². The van der Waals surface area contributed by atoms with Crippen LogP contribution in [0.1, 0.15) is 13.8 Å². The van der Waals surface area contributed by atoms with Crippen molar-refractivity contribution < 1.29 is 23.0 Å². The summed E-state index contributed by atoms with van der Waals surface area (Å²) in [7, 11) is -3.77. The Morgan fingerprint density at radius 3 is 2.60 bits per heavy atom. The zero-order valence-corrected chi connectivity index (χ0v) is 15.3. The van der Waals surface area contributed by atoms with Crippen molar-refractivity contribution in [1.29, 1.82) is 0 Å². The maximum atomic E-state index is 12.2. The molecule has 0 bridgehead atoms. The third-order valence-electron chi connectivity index (χ3n) is 3.86. The highest BCUT2D eigenvalue weighted by Crippen LogP contribution is 2.27. The second-order valence-corrected chi connectivity index (χ2v) is 7.97. The van der Waals surface area contributed by atoms with Crippen LogP contribution in [0.3, 0.4) is 0 Å². The molecule has 25 heavy (non-hydrogen) atoms. The summed E-state index contributed by atoms with van der Waals surface area (Å²) < 4.78 is 32.1. The van der Waals surface area contributed by atoms with Gasteiger partial charge in [0.15, 0.2) is 0 Å².